The molecule has 0 aliphatic carbocycles. The Bertz CT molecular complexity index is 730. The summed E-state index contributed by atoms with van der Waals surface area (Å²) in [7, 11) is 0. The van der Waals surface area contributed by atoms with Crippen LogP contribution in [-0.4, -0.2) is 49.5 Å². The molecule has 0 saturated carbocycles. The average molecular weight is 344 g/mol. The van der Waals surface area contributed by atoms with E-state index in [4.69, 9.17) is 9.47 Å². The average Bonchev–Trinajstić information content (AvgIpc) is 3.11. The molecule has 5 nitrogen and oxygen atoms in total. The molecule has 1 atom stereocenters. The largest absolute Gasteiger partial charge is 0.454 e. The Morgan fingerprint density at radius 1 is 0.960 bits per heavy atom. The van der Waals surface area contributed by atoms with Crippen LogP contribution in [0.25, 0.3) is 0 Å². The molecule has 1 saturated heterocycles. The third kappa shape index (κ3) is 3.55. The van der Waals surface area contributed by atoms with Gasteiger partial charge in [-0.05, 0) is 42.0 Å². The van der Waals surface area contributed by atoms with Crippen molar-refractivity contribution in [2.24, 2.45) is 0 Å². The van der Waals surface area contributed by atoms with Crippen LogP contribution in [0.5, 0.6) is 11.5 Å². The van der Waals surface area contributed by atoms with Crippen molar-refractivity contribution in [3.63, 3.8) is 0 Å². The SMILES string of the molecule is O[C@@H](CN1CCN(c2ccc(F)cc2)CC1)c1ccc2c(c1)OCO2. The van der Waals surface area contributed by atoms with Gasteiger partial charge in [-0.25, -0.2) is 4.39 Å². The highest BCUT2D eigenvalue weighted by Gasteiger charge is 2.22. The molecule has 0 radical (unpaired) electrons. The second kappa shape index (κ2) is 6.90. The van der Waals surface area contributed by atoms with E-state index in [9.17, 15) is 9.50 Å². The zero-order valence-electron chi connectivity index (χ0n) is 13.9. The number of ether oxygens (including phenoxy) is 2. The molecule has 1 fully saturated rings. The first-order chi connectivity index (χ1) is 12.2. The van der Waals surface area contributed by atoms with Crippen molar-refractivity contribution in [1.29, 1.82) is 0 Å². The topological polar surface area (TPSA) is 45.2 Å². The first kappa shape index (κ1) is 16.2. The van der Waals surface area contributed by atoms with E-state index in [-0.39, 0.29) is 12.6 Å². The number of aliphatic hydroxyl groups is 1. The van der Waals surface area contributed by atoms with Gasteiger partial charge in [-0.3, -0.25) is 4.90 Å². The fourth-order valence-electron chi connectivity index (χ4n) is 3.31. The Morgan fingerprint density at radius 2 is 1.68 bits per heavy atom. The molecule has 1 N–H and O–H groups in total. The quantitative estimate of drug-likeness (QED) is 0.923. The van der Waals surface area contributed by atoms with Gasteiger partial charge in [-0.1, -0.05) is 6.07 Å². The van der Waals surface area contributed by atoms with E-state index in [2.05, 4.69) is 9.80 Å². The molecule has 0 aromatic heterocycles. The van der Waals surface area contributed by atoms with Gasteiger partial charge in [0.25, 0.3) is 0 Å². The number of hydrogen-bond donors (Lipinski definition) is 1. The third-order valence-electron chi connectivity index (χ3n) is 4.78. The molecule has 6 heteroatoms. The second-order valence-electron chi connectivity index (χ2n) is 6.39. The molecule has 2 aliphatic rings. The maximum atomic E-state index is 13.0. The van der Waals surface area contributed by atoms with Crippen LogP contribution in [0.1, 0.15) is 11.7 Å². The van der Waals surface area contributed by atoms with E-state index in [0.29, 0.717) is 12.3 Å². The van der Waals surface area contributed by atoms with Gasteiger partial charge in [-0.15, -0.1) is 0 Å². The summed E-state index contributed by atoms with van der Waals surface area (Å²) in [4.78, 5) is 4.48. The van der Waals surface area contributed by atoms with Crippen LogP contribution in [0.4, 0.5) is 10.1 Å². The van der Waals surface area contributed by atoms with E-state index >= 15 is 0 Å². The zero-order valence-corrected chi connectivity index (χ0v) is 13.9. The van der Waals surface area contributed by atoms with Crippen LogP contribution in [-0.2, 0) is 0 Å². The van der Waals surface area contributed by atoms with Crippen molar-refractivity contribution in [2.45, 2.75) is 6.10 Å². The standard InChI is InChI=1S/C19H21FN2O3/c20-15-2-4-16(5-3-15)22-9-7-21(8-10-22)12-17(23)14-1-6-18-19(11-14)25-13-24-18/h1-6,11,17,23H,7-10,12-13H2/t17-/m0/s1. The van der Waals surface area contributed by atoms with Gasteiger partial charge in [-0.2, -0.15) is 0 Å². The van der Waals surface area contributed by atoms with Gasteiger partial charge in [0.15, 0.2) is 11.5 Å². The minimum Gasteiger partial charge on any atom is -0.454 e. The monoisotopic (exact) mass is 344 g/mol. The first-order valence-corrected chi connectivity index (χ1v) is 8.49. The number of piperazine rings is 1. The van der Waals surface area contributed by atoms with Gasteiger partial charge in [0.2, 0.25) is 6.79 Å². The number of fused-ring (bicyclic) bond motifs is 1. The Kier molecular flexibility index (Phi) is 4.46. The minimum atomic E-state index is -0.563. The van der Waals surface area contributed by atoms with Crippen LogP contribution < -0.4 is 14.4 Å². The molecule has 2 aliphatic heterocycles. The smallest absolute Gasteiger partial charge is 0.231 e. The molecule has 4 rings (SSSR count). The Labute approximate surface area is 146 Å². The molecule has 25 heavy (non-hydrogen) atoms. The van der Waals surface area contributed by atoms with Crippen LogP contribution in [0.3, 0.4) is 0 Å². The lowest BCUT2D eigenvalue weighted by atomic mass is 10.1. The fraction of sp³-hybridized carbons (Fsp3) is 0.368. The summed E-state index contributed by atoms with van der Waals surface area (Å²) in [6.45, 7) is 4.26. The summed E-state index contributed by atoms with van der Waals surface area (Å²) < 4.78 is 23.7. The highest BCUT2D eigenvalue weighted by molar-refractivity contribution is 5.47. The molecule has 132 valence electrons. The van der Waals surface area contributed by atoms with Crippen molar-refractivity contribution in [1.82, 2.24) is 4.90 Å². The van der Waals surface area contributed by atoms with Gasteiger partial charge in [0.05, 0.1) is 6.10 Å². The highest BCUT2D eigenvalue weighted by atomic mass is 19.1. The first-order valence-electron chi connectivity index (χ1n) is 8.49. The number of anilines is 1. The predicted octanol–water partition coefficient (Wildman–Crippen LogP) is 2.41. The van der Waals surface area contributed by atoms with Crippen molar-refractivity contribution in [3.05, 3.63) is 53.8 Å². The lowest BCUT2D eigenvalue weighted by Gasteiger charge is -2.37. The summed E-state index contributed by atoms with van der Waals surface area (Å²) in [6.07, 6.45) is -0.563. The van der Waals surface area contributed by atoms with Crippen molar-refractivity contribution >= 4 is 5.69 Å². The van der Waals surface area contributed by atoms with E-state index in [1.165, 1.54) is 12.1 Å². The lowest BCUT2D eigenvalue weighted by Crippen LogP contribution is -2.47. The highest BCUT2D eigenvalue weighted by Crippen LogP contribution is 2.34. The van der Waals surface area contributed by atoms with E-state index < -0.39 is 6.10 Å². The summed E-state index contributed by atoms with van der Waals surface area (Å²) in [6, 6.07) is 12.2. The predicted molar refractivity (Wildman–Crippen MR) is 92.6 cm³/mol. The van der Waals surface area contributed by atoms with Crippen molar-refractivity contribution in [2.75, 3.05) is 44.4 Å². The number of nitrogens with zero attached hydrogens (tertiary/aromatic N) is 2. The Morgan fingerprint density at radius 3 is 2.44 bits per heavy atom. The molecule has 2 heterocycles. The third-order valence-corrected chi connectivity index (χ3v) is 4.78. The summed E-state index contributed by atoms with van der Waals surface area (Å²) in [5.74, 6) is 1.20. The maximum Gasteiger partial charge on any atom is 0.231 e. The fourth-order valence-corrected chi connectivity index (χ4v) is 3.31. The summed E-state index contributed by atoms with van der Waals surface area (Å²) in [5, 5.41) is 10.5. The van der Waals surface area contributed by atoms with Crippen molar-refractivity contribution < 1.29 is 19.0 Å². The van der Waals surface area contributed by atoms with Crippen LogP contribution >= 0.6 is 0 Å². The van der Waals surface area contributed by atoms with Crippen molar-refractivity contribution in [3.8, 4) is 11.5 Å². The molecule has 0 spiro atoms. The lowest BCUT2D eigenvalue weighted by molar-refractivity contribution is 0.109. The number of halogens is 1. The van der Waals surface area contributed by atoms with E-state index in [1.807, 2.05) is 30.3 Å². The van der Waals surface area contributed by atoms with Gasteiger partial charge < -0.3 is 19.5 Å². The number of benzene rings is 2. The van der Waals surface area contributed by atoms with E-state index in [0.717, 1.165) is 43.2 Å². The van der Waals surface area contributed by atoms with Gasteiger partial charge in [0.1, 0.15) is 5.82 Å². The normalized spacial score (nSPS) is 18.4. The van der Waals surface area contributed by atoms with Gasteiger partial charge >= 0.3 is 0 Å². The molecule has 2 aromatic rings. The van der Waals surface area contributed by atoms with E-state index in [1.54, 1.807) is 0 Å². The number of aliphatic hydroxyl groups excluding tert-OH is 1. The Hall–Kier alpha value is -2.31. The number of β-amino-alcohol motifs (C(OH)–C–C–N with tert-alkyl or cyclic N) is 1. The summed E-state index contributed by atoms with van der Waals surface area (Å²) in [5.41, 5.74) is 1.88. The molecule has 2 aromatic carbocycles. The van der Waals surface area contributed by atoms with Crippen LogP contribution in [0, 0.1) is 5.82 Å². The van der Waals surface area contributed by atoms with Crippen LogP contribution in [0.15, 0.2) is 42.5 Å². The summed E-state index contributed by atoms with van der Waals surface area (Å²) >= 11 is 0. The number of hydrogen-bond acceptors (Lipinski definition) is 5. The maximum absolute atomic E-state index is 13.0. The Balaban J connectivity index is 1.33. The molecular weight excluding hydrogens is 323 g/mol. The minimum absolute atomic E-state index is 0.214. The molecule has 0 amide bonds. The number of rotatable bonds is 4. The van der Waals surface area contributed by atoms with Crippen LogP contribution in [0.2, 0.25) is 0 Å². The molecule has 0 unspecified atom stereocenters. The van der Waals surface area contributed by atoms with Gasteiger partial charge in [0, 0.05) is 38.4 Å². The zero-order chi connectivity index (χ0) is 17.2. The second-order valence-corrected chi connectivity index (χ2v) is 6.39. The molecular formula is C19H21FN2O3. The molecule has 0 bridgehead atoms.